The fourth-order valence-corrected chi connectivity index (χ4v) is 11.9. The Labute approximate surface area is 130 Å². The Morgan fingerprint density at radius 2 is 1.59 bits per heavy atom. The van der Waals surface area contributed by atoms with Crippen LogP contribution in [0.2, 0.25) is 6.04 Å². The van der Waals surface area contributed by atoms with Crippen molar-refractivity contribution in [2.45, 2.75) is 25.8 Å². The maximum atomic E-state index is 7.00. The molecule has 0 radical (unpaired) electrons. The Hall–Kier alpha value is 0.761. The van der Waals surface area contributed by atoms with Crippen LogP contribution < -0.4 is 24.8 Å². The summed E-state index contributed by atoms with van der Waals surface area (Å²) < 4.78 is 3.47. The van der Waals surface area contributed by atoms with Gasteiger partial charge in [0, 0.05) is 0 Å². The zero-order chi connectivity index (χ0) is 10.5. The molecule has 0 saturated heterocycles. The van der Waals surface area contributed by atoms with Crippen LogP contribution in [0.3, 0.4) is 0 Å². The van der Waals surface area contributed by atoms with E-state index < -0.39 is 7.38 Å². The fourth-order valence-electron chi connectivity index (χ4n) is 2.70. The molecule has 0 spiro atoms. The molecule has 0 N–H and O–H groups in total. The molecule has 0 amide bonds. The van der Waals surface area contributed by atoms with E-state index >= 15 is 0 Å². The molecule has 0 fully saturated rings. The third kappa shape index (κ3) is 2.31. The summed E-state index contributed by atoms with van der Waals surface area (Å²) in [6, 6.07) is 1.15. The van der Waals surface area contributed by atoms with E-state index in [1.807, 2.05) is 0 Å². The Bertz CT molecular complexity index is 413. The number of allylic oxidation sites excluding steroid dienone is 8. The van der Waals surface area contributed by atoms with Gasteiger partial charge in [0.2, 0.25) is 0 Å². The van der Waals surface area contributed by atoms with Crippen LogP contribution in [-0.4, -0.2) is 7.38 Å². The summed E-state index contributed by atoms with van der Waals surface area (Å²) in [5.74, 6) is 0. The normalized spacial score (nSPS) is 22.2. The number of halogens is 3. The minimum atomic E-state index is -1.78. The van der Waals surface area contributed by atoms with Gasteiger partial charge in [-0.1, -0.05) is 0 Å². The largest absolute Gasteiger partial charge is 1.00 e. The number of hydrogen-bond acceptors (Lipinski definition) is 0. The molecule has 0 aromatic heterocycles. The van der Waals surface area contributed by atoms with E-state index in [4.69, 9.17) is 11.1 Å². The predicted molar refractivity (Wildman–Crippen MR) is 63.7 cm³/mol. The summed E-state index contributed by atoms with van der Waals surface area (Å²) in [6.07, 6.45) is 11.7. The van der Waals surface area contributed by atoms with Gasteiger partial charge in [-0.05, 0) is 0 Å². The van der Waals surface area contributed by atoms with Crippen molar-refractivity contribution in [2.75, 3.05) is 0 Å². The van der Waals surface area contributed by atoms with Crippen LogP contribution in [0.25, 0.3) is 0 Å². The van der Waals surface area contributed by atoms with Gasteiger partial charge in [-0.15, -0.1) is 0 Å². The van der Waals surface area contributed by atoms with Gasteiger partial charge in [0.25, 0.3) is 0 Å². The molecule has 1 aliphatic heterocycles. The molecule has 0 nitrogen and oxygen atoms in total. The van der Waals surface area contributed by atoms with Gasteiger partial charge >= 0.3 is 106 Å². The van der Waals surface area contributed by atoms with Crippen LogP contribution in [0.1, 0.15) is 19.8 Å². The first-order chi connectivity index (χ1) is 7.25. The first-order valence-electron chi connectivity index (χ1n) is 5.52. The topological polar surface area (TPSA) is 0 Å². The molecule has 5 heteroatoms. The van der Waals surface area contributed by atoms with E-state index in [0.29, 0.717) is 0 Å². The van der Waals surface area contributed by atoms with Crippen LogP contribution in [-0.2, 0) is 19.2 Å². The molecule has 0 aromatic rings. The van der Waals surface area contributed by atoms with Crippen molar-refractivity contribution in [3.63, 3.8) is 0 Å². The second-order valence-electron chi connectivity index (χ2n) is 4.28. The molecule has 17 heavy (non-hydrogen) atoms. The average Bonchev–Trinajstić information content (AvgIpc) is 2.86. The van der Waals surface area contributed by atoms with Crippen molar-refractivity contribution < 1.29 is 44.0 Å². The van der Waals surface area contributed by atoms with Crippen molar-refractivity contribution in [3.05, 3.63) is 42.5 Å². The van der Waals surface area contributed by atoms with E-state index in [1.165, 1.54) is 12.8 Å². The number of rotatable bonds is 1. The first-order valence-corrected chi connectivity index (χ1v) is 10.3. The molecule has 0 bridgehead atoms. The Morgan fingerprint density at radius 1 is 1.12 bits per heavy atom. The maximum Gasteiger partial charge on any atom is -1.00 e. The van der Waals surface area contributed by atoms with Crippen molar-refractivity contribution in [1.82, 2.24) is 0 Å². The van der Waals surface area contributed by atoms with E-state index in [0.717, 1.165) is 6.04 Å². The molecule has 1 heterocycles. The molecule has 3 rings (SSSR count). The van der Waals surface area contributed by atoms with Crippen LogP contribution in [0, 0.1) is 0 Å². The summed E-state index contributed by atoms with van der Waals surface area (Å²) in [4.78, 5) is 0. The number of hydrogen-bond donors (Lipinski definition) is 0. The van der Waals surface area contributed by atoms with Crippen LogP contribution in [0.15, 0.2) is 42.5 Å². The molecular weight excluding hydrogens is 326 g/mol. The second kappa shape index (κ2) is 5.81. The summed E-state index contributed by atoms with van der Waals surface area (Å²) in [5, 5.41) is 3.16. The molecular formula is C12H13Cl3SiTi. The maximum absolute atomic E-state index is 7.00. The van der Waals surface area contributed by atoms with Gasteiger partial charge in [0.15, 0.2) is 0 Å². The van der Waals surface area contributed by atoms with Gasteiger partial charge in [-0.3, -0.25) is 0 Å². The summed E-state index contributed by atoms with van der Waals surface area (Å²) >= 11 is 7.01. The van der Waals surface area contributed by atoms with E-state index in [1.54, 1.807) is 18.1 Å². The van der Waals surface area contributed by atoms with Crippen molar-refractivity contribution >= 4 is 18.5 Å². The summed E-state index contributed by atoms with van der Waals surface area (Å²) in [6.45, 7) is 2.26. The molecule has 0 unspecified atom stereocenters. The molecule has 90 valence electrons. The second-order valence-corrected chi connectivity index (χ2v) is 11.9. The first kappa shape index (κ1) is 15.8. The predicted octanol–water partition coefficient (Wildman–Crippen LogP) is -2.20. The quantitative estimate of drug-likeness (QED) is 0.376. The van der Waals surface area contributed by atoms with Gasteiger partial charge in [-0.2, -0.15) is 0 Å². The van der Waals surface area contributed by atoms with Crippen LogP contribution >= 0.6 is 11.1 Å². The molecule has 0 atom stereocenters. The van der Waals surface area contributed by atoms with E-state index in [9.17, 15) is 0 Å². The van der Waals surface area contributed by atoms with Gasteiger partial charge in [-0.25, -0.2) is 0 Å². The van der Waals surface area contributed by atoms with E-state index in [-0.39, 0.29) is 44.0 Å². The van der Waals surface area contributed by atoms with E-state index in [2.05, 4.69) is 31.2 Å². The fraction of sp³-hybridized carbons (Fsp3) is 0.333. The Kier molecular flexibility index (Phi) is 5.41. The third-order valence-electron chi connectivity index (χ3n) is 3.51. The standard InChI is InChI=1S/C12H13ClSi.2ClH.Ti/c1-2-14(13,11-7-3-4-8-11)12-9-5-6-10-12;;;/h3,5,7,9H,2,4,6H2,1H3;2*1H;/q;;;+2/p-2. The zero-order valence-electron chi connectivity index (χ0n) is 9.56. The SMILES string of the molecule is CC[Si]1(Cl)C2=[C](CC=C2)[Ti+2][C]2=C1C=CC2.[Cl-].[Cl-]. The van der Waals surface area contributed by atoms with Crippen LogP contribution in [0.4, 0.5) is 0 Å². The third-order valence-corrected chi connectivity index (χ3v) is 12.4. The Morgan fingerprint density at radius 3 is 2.00 bits per heavy atom. The average molecular weight is 340 g/mol. The molecule has 3 aliphatic rings. The van der Waals surface area contributed by atoms with Crippen LogP contribution in [0.5, 0.6) is 0 Å². The molecule has 2 aliphatic carbocycles. The van der Waals surface area contributed by atoms with Gasteiger partial charge in [0.1, 0.15) is 0 Å². The summed E-state index contributed by atoms with van der Waals surface area (Å²) in [7, 11) is -1.78. The minimum Gasteiger partial charge on any atom is -1.00 e. The van der Waals surface area contributed by atoms with Crippen molar-refractivity contribution in [1.29, 1.82) is 0 Å². The van der Waals surface area contributed by atoms with Gasteiger partial charge in [0.05, 0.1) is 0 Å². The molecule has 0 aromatic carbocycles. The zero-order valence-corrected chi connectivity index (χ0v) is 14.4. The van der Waals surface area contributed by atoms with Crippen molar-refractivity contribution in [3.8, 4) is 0 Å². The Balaban J connectivity index is 0.000000722. The molecule has 0 saturated carbocycles. The summed E-state index contributed by atoms with van der Waals surface area (Å²) in [5.41, 5.74) is 0. The van der Waals surface area contributed by atoms with Crippen molar-refractivity contribution in [2.24, 2.45) is 0 Å². The monoisotopic (exact) mass is 338 g/mol. The van der Waals surface area contributed by atoms with Gasteiger partial charge < -0.3 is 24.8 Å². The minimum absolute atomic E-state index is 0. The smallest absolute Gasteiger partial charge is 1.00 e.